The summed E-state index contributed by atoms with van der Waals surface area (Å²) in [5.74, 6) is -0.158. The van der Waals surface area contributed by atoms with E-state index in [2.05, 4.69) is 61.1 Å². The third-order valence-electron chi connectivity index (χ3n) is 16.3. The molecule has 0 aromatic heterocycles. The lowest BCUT2D eigenvalue weighted by Crippen LogP contribution is -2.69. The first-order valence-corrected chi connectivity index (χ1v) is 21.5. The molecule has 6 rings (SSSR count). The van der Waals surface area contributed by atoms with Gasteiger partial charge in [-0.25, -0.2) is 0 Å². The maximum atomic E-state index is 12.2. The van der Waals surface area contributed by atoms with Gasteiger partial charge in [0.25, 0.3) is 0 Å². The molecule has 4 saturated carbocycles. The highest BCUT2D eigenvalue weighted by Crippen LogP contribution is 2.75. The van der Waals surface area contributed by atoms with Crippen molar-refractivity contribution < 1.29 is 69.3 Å². The number of allylic oxidation sites excluding steroid dienone is 3. The van der Waals surface area contributed by atoms with Crippen LogP contribution in [0.15, 0.2) is 23.8 Å². The molecule has 0 radical (unpaired) electrons. The van der Waals surface area contributed by atoms with E-state index in [1.807, 2.05) is 0 Å². The Balaban J connectivity index is 1.24. The number of carbonyl (C=O) groups excluding carboxylic acids is 1. The fourth-order valence-corrected chi connectivity index (χ4v) is 13.3. The quantitative estimate of drug-likeness (QED) is 0.0852. The van der Waals surface area contributed by atoms with Crippen molar-refractivity contribution in [1.82, 2.24) is 0 Å². The zero-order valence-electron chi connectivity index (χ0n) is 35.7. The third-order valence-corrected chi connectivity index (χ3v) is 16.3. The molecule has 4 aliphatic carbocycles. The number of carbonyl (C=O) groups is 1. The molecule has 332 valence electrons. The Kier molecular flexibility index (Phi) is 13.5. The lowest BCUT2D eigenvalue weighted by atomic mass is 9.35. The number of rotatable bonds is 11. The monoisotopic (exact) mass is 824 g/mol. The first kappa shape index (κ1) is 46.0. The van der Waals surface area contributed by atoms with Gasteiger partial charge in [-0.05, 0) is 111 Å². The standard InChI is InChI=1S/C44H72O14/c1-21(2)11-10-12-22(3)24-13-15-44(9)31(24)25(47)17-30-42(7)18-26(48)38(41(5,6)29(42)14-16-43(30,44)8)58-40-37(35(52)32(49)27(19-45)55-40)57-39-36(53)34(51)33(50)28(56-39)20-54-23(4)46/h11,24-40,45,47-53H,3,10,12-20H2,1-2,4-9H3/t24-,25-,26-,27-,28-,29+,30-,31+,32-,33-,34+,35+,36-,37-,38+,39+,40+,42+,43-,44-/m1/s1. The van der Waals surface area contributed by atoms with Crippen LogP contribution < -0.4 is 0 Å². The van der Waals surface area contributed by atoms with E-state index in [-0.39, 0.29) is 39.9 Å². The van der Waals surface area contributed by atoms with Crippen LogP contribution in [0.1, 0.15) is 107 Å². The van der Waals surface area contributed by atoms with Crippen molar-refractivity contribution in [2.45, 2.75) is 186 Å². The minimum atomic E-state index is -1.83. The van der Waals surface area contributed by atoms with Gasteiger partial charge < -0.3 is 64.5 Å². The molecule has 0 aromatic rings. The molecule has 2 saturated heterocycles. The zero-order chi connectivity index (χ0) is 42.9. The average molecular weight is 825 g/mol. The second-order valence-corrected chi connectivity index (χ2v) is 20.2. The van der Waals surface area contributed by atoms with Crippen LogP contribution in [0.4, 0.5) is 0 Å². The summed E-state index contributed by atoms with van der Waals surface area (Å²) in [4.78, 5) is 11.5. The largest absolute Gasteiger partial charge is 0.463 e. The lowest BCUT2D eigenvalue weighted by Gasteiger charge is -2.71. The molecule has 6 aliphatic rings. The Bertz CT molecular complexity index is 1520. The molecular formula is C44H72O14. The first-order chi connectivity index (χ1) is 27.0. The molecule has 0 amide bonds. The number of ether oxygens (including phenoxy) is 5. The van der Waals surface area contributed by atoms with Crippen molar-refractivity contribution in [3.8, 4) is 0 Å². The Hall–Kier alpha value is -1.53. The van der Waals surface area contributed by atoms with E-state index >= 15 is 0 Å². The van der Waals surface area contributed by atoms with Crippen LogP contribution in [0.3, 0.4) is 0 Å². The Labute approximate surface area is 343 Å². The van der Waals surface area contributed by atoms with Gasteiger partial charge in [-0.1, -0.05) is 58.4 Å². The number of aliphatic hydroxyl groups excluding tert-OH is 8. The molecule has 14 heteroatoms. The minimum absolute atomic E-state index is 0.0318. The smallest absolute Gasteiger partial charge is 0.302 e. The summed E-state index contributed by atoms with van der Waals surface area (Å²) in [6, 6.07) is 0. The molecule has 14 nitrogen and oxygen atoms in total. The van der Waals surface area contributed by atoms with E-state index in [0.717, 1.165) is 45.4 Å². The topological polar surface area (TPSA) is 225 Å². The molecule has 0 unspecified atom stereocenters. The van der Waals surface area contributed by atoms with E-state index in [0.29, 0.717) is 12.8 Å². The van der Waals surface area contributed by atoms with Crippen LogP contribution in [0.2, 0.25) is 0 Å². The second-order valence-electron chi connectivity index (χ2n) is 20.2. The van der Waals surface area contributed by atoms with Gasteiger partial charge in [-0.15, -0.1) is 0 Å². The number of fused-ring (bicyclic) bond motifs is 5. The summed E-state index contributed by atoms with van der Waals surface area (Å²) < 4.78 is 29.4. The van der Waals surface area contributed by atoms with Gasteiger partial charge in [-0.2, -0.15) is 0 Å². The molecule has 6 fully saturated rings. The van der Waals surface area contributed by atoms with E-state index in [1.165, 1.54) is 11.1 Å². The number of aliphatic hydroxyl groups is 8. The van der Waals surface area contributed by atoms with Crippen LogP contribution in [0, 0.1) is 45.3 Å². The molecule has 58 heavy (non-hydrogen) atoms. The van der Waals surface area contributed by atoms with Crippen LogP contribution in [0.5, 0.6) is 0 Å². The SMILES string of the molecule is C=C(CCC=C(C)C)[C@H]1CC[C@]2(C)[C@@H]1[C@H](O)C[C@@H]1[C@@]3(C)C[C@@H](O)[C@H](O[C@@H]4O[C@H](CO)[C@@H](O)[C@H](O)[C@H]4O[C@@H]4O[C@H](COC(C)=O)[C@@H](O)[C@H](O)[C@H]4O)C(C)(C)[C@@H]3CC[C@]12C. The third kappa shape index (κ3) is 7.78. The predicted molar refractivity (Wildman–Crippen MR) is 210 cm³/mol. The normalized spacial score (nSPS) is 49.9. The average Bonchev–Trinajstić information content (AvgIpc) is 3.52. The molecule has 0 spiro atoms. The second kappa shape index (κ2) is 17.0. The zero-order valence-corrected chi connectivity index (χ0v) is 35.7. The highest BCUT2D eigenvalue weighted by molar-refractivity contribution is 5.65. The minimum Gasteiger partial charge on any atom is -0.463 e. The summed E-state index contributed by atoms with van der Waals surface area (Å²) in [7, 11) is 0. The summed E-state index contributed by atoms with van der Waals surface area (Å²) in [5, 5.41) is 88.8. The van der Waals surface area contributed by atoms with Gasteiger partial charge in [0.05, 0.1) is 24.9 Å². The summed E-state index contributed by atoms with van der Waals surface area (Å²) >= 11 is 0. The number of hydrogen-bond donors (Lipinski definition) is 8. The summed E-state index contributed by atoms with van der Waals surface area (Å²) in [5.41, 5.74) is 1.21. The highest BCUT2D eigenvalue weighted by Gasteiger charge is 2.71. The fourth-order valence-electron chi connectivity index (χ4n) is 13.3. The van der Waals surface area contributed by atoms with Crippen molar-refractivity contribution in [2.24, 2.45) is 45.3 Å². The van der Waals surface area contributed by atoms with Crippen molar-refractivity contribution in [1.29, 1.82) is 0 Å². The Morgan fingerprint density at radius 1 is 0.776 bits per heavy atom. The molecule has 8 N–H and O–H groups in total. The van der Waals surface area contributed by atoms with Gasteiger partial charge in [0.2, 0.25) is 0 Å². The lowest BCUT2D eigenvalue weighted by molar-refractivity contribution is -0.383. The molecular weight excluding hydrogens is 752 g/mol. The Morgan fingerprint density at radius 3 is 2.05 bits per heavy atom. The maximum absolute atomic E-state index is 12.2. The van der Waals surface area contributed by atoms with Gasteiger partial charge in [-0.3, -0.25) is 4.79 Å². The van der Waals surface area contributed by atoms with E-state index in [4.69, 9.17) is 23.7 Å². The van der Waals surface area contributed by atoms with Crippen LogP contribution >= 0.6 is 0 Å². The molecule has 2 heterocycles. The molecule has 0 bridgehead atoms. The molecule has 0 aromatic carbocycles. The van der Waals surface area contributed by atoms with Crippen LogP contribution in [-0.2, 0) is 28.5 Å². The number of esters is 1. The van der Waals surface area contributed by atoms with Gasteiger partial charge in [0.1, 0.15) is 55.4 Å². The van der Waals surface area contributed by atoms with Crippen molar-refractivity contribution in [2.75, 3.05) is 13.2 Å². The number of hydrogen-bond acceptors (Lipinski definition) is 14. The molecule has 2 aliphatic heterocycles. The first-order valence-electron chi connectivity index (χ1n) is 21.5. The Morgan fingerprint density at radius 2 is 1.41 bits per heavy atom. The van der Waals surface area contributed by atoms with E-state index in [9.17, 15) is 45.6 Å². The van der Waals surface area contributed by atoms with Crippen molar-refractivity contribution in [3.05, 3.63) is 23.8 Å². The van der Waals surface area contributed by atoms with Crippen LogP contribution in [-0.4, -0.2) is 140 Å². The predicted octanol–water partition coefficient (Wildman–Crippen LogP) is 2.50. The van der Waals surface area contributed by atoms with Crippen LogP contribution in [0.25, 0.3) is 0 Å². The van der Waals surface area contributed by atoms with Gasteiger partial charge in [0, 0.05) is 6.92 Å². The fraction of sp³-hybridized carbons (Fsp3) is 0.886. The van der Waals surface area contributed by atoms with Gasteiger partial charge >= 0.3 is 5.97 Å². The van der Waals surface area contributed by atoms with Crippen molar-refractivity contribution in [3.63, 3.8) is 0 Å². The summed E-state index contributed by atoms with van der Waals surface area (Å²) in [6.45, 7) is 20.0. The van der Waals surface area contributed by atoms with Gasteiger partial charge in [0.15, 0.2) is 12.6 Å². The molecule has 20 atom stereocenters. The van der Waals surface area contributed by atoms with E-state index < -0.39 is 104 Å². The van der Waals surface area contributed by atoms with E-state index in [1.54, 1.807) is 0 Å². The maximum Gasteiger partial charge on any atom is 0.302 e. The highest BCUT2D eigenvalue weighted by atomic mass is 16.8. The summed E-state index contributed by atoms with van der Waals surface area (Å²) in [6.07, 6.45) is -9.55. The van der Waals surface area contributed by atoms with Crippen molar-refractivity contribution >= 4 is 5.97 Å².